The Labute approximate surface area is 113 Å². The van der Waals surface area contributed by atoms with Crippen LogP contribution in [-0.4, -0.2) is 23.8 Å². The van der Waals surface area contributed by atoms with Gasteiger partial charge in [-0.3, -0.25) is 5.32 Å². The number of hydrogen-bond donors (Lipinski definition) is 2. The van der Waals surface area contributed by atoms with Gasteiger partial charge in [0.15, 0.2) is 5.13 Å². The molecule has 0 unspecified atom stereocenters. The van der Waals surface area contributed by atoms with Gasteiger partial charge in [-0.2, -0.15) is 0 Å². The fourth-order valence-corrected chi connectivity index (χ4v) is 2.81. The highest BCUT2D eigenvalue weighted by molar-refractivity contribution is 7.98. The molecule has 1 aromatic carbocycles. The first kappa shape index (κ1) is 12.9. The summed E-state index contributed by atoms with van der Waals surface area (Å²) >= 11 is 3.15. The van der Waals surface area contributed by atoms with Crippen molar-refractivity contribution in [2.45, 2.75) is 4.90 Å². The van der Waals surface area contributed by atoms with Crippen LogP contribution in [0.1, 0.15) is 0 Å². The molecule has 0 atom stereocenters. The molecule has 1 heterocycles. The van der Waals surface area contributed by atoms with Gasteiger partial charge < -0.3 is 5.32 Å². The second kappa shape index (κ2) is 5.88. The number of carbonyl (C=O) groups excluding carboxylic acids is 1. The molecule has 1 aromatic heterocycles. The molecule has 0 saturated carbocycles. The largest absolute Gasteiger partial charge is 0.334 e. The SMILES string of the molecule is C=CCNC(=O)Nc1nc2ccc(SC)cc2s1. The van der Waals surface area contributed by atoms with E-state index in [1.165, 1.54) is 16.2 Å². The summed E-state index contributed by atoms with van der Waals surface area (Å²) in [6.45, 7) is 3.97. The molecule has 2 aromatic rings. The van der Waals surface area contributed by atoms with Crippen LogP contribution < -0.4 is 10.6 Å². The Balaban J connectivity index is 2.14. The minimum atomic E-state index is -0.265. The molecule has 4 nitrogen and oxygen atoms in total. The molecule has 0 aliphatic heterocycles. The van der Waals surface area contributed by atoms with Gasteiger partial charge in [-0.1, -0.05) is 17.4 Å². The Morgan fingerprint density at radius 3 is 3.17 bits per heavy atom. The van der Waals surface area contributed by atoms with Crippen LogP contribution in [0.15, 0.2) is 35.7 Å². The summed E-state index contributed by atoms with van der Waals surface area (Å²) in [5, 5.41) is 5.95. The summed E-state index contributed by atoms with van der Waals surface area (Å²) in [5.74, 6) is 0. The quantitative estimate of drug-likeness (QED) is 0.667. The number of urea groups is 1. The molecule has 94 valence electrons. The summed E-state index contributed by atoms with van der Waals surface area (Å²) < 4.78 is 1.07. The van der Waals surface area contributed by atoms with Gasteiger partial charge in [0, 0.05) is 11.4 Å². The normalized spacial score (nSPS) is 10.3. The molecular weight excluding hydrogens is 266 g/mol. The molecule has 0 aliphatic carbocycles. The number of nitrogens with one attached hydrogen (secondary N) is 2. The van der Waals surface area contributed by atoms with Gasteiger partial charge in [0.2, 0.25) is 0 Å². The summed E-state index contributed by atoms with van der Waals surface area (Å²) in [4.78, 5) is 17.0. The highest BCUT2D eigenvalue weighted by Crippen LogP contribution is 2.29. The first-order valence-corrected chi connectivity index (χ1v) is 7.37. The van der Waals surface area contributed by atoms with E-state index in [1.54, 1.807) is 17.8 Å². The minimum Gasteiger partial charge on any atom is -0.334 e. The van der Waals surface area contributed by atoms with E-state index in [9.17, 15) is 4.79 Å². The number of anilines is 1. The number of thioether (sulfide) groups is 1. The number of aromatic nitrogens is 1. The van der Waals surface area contributed by atoms with Crippen LogP contribution in [0.2, 0.25) is 0 Å². The van der Waals surface area contributed by atoms with Crippen LogP contribution in [0.25, 0.3) is 10.2 Å². The number of amides is 2. The molecule has 6 heteroatoms. The van der Waals surface area contributed by atoms with E-state index in [0.717, 1.165) is 10.2 Å². The molecule has 0 spiro atoms. The molecule has 2 rings (SSSR count). The number of rotatable bonds is 4. The zero-order valence-electron chi connectivity index (χ0n) is 9.90. The van der Waals surface area contributed by atoms with Crippen molar-refractivity contribution in [3.05, 3.63) is 30.9 Å². The first-order chi connectivity index (χ1) is 8.72. The average molecular weight is 279 g/mol. The van der Waals surface area contributed by atoms with E-state index in [4.69, 9.17) is 0 Å². The lowest BCUT2D eigenvalue weighted by Gasteiger charge is -2.00. The van der Waals surface area contributed by atoms with E-state index in [0.29, 0.717) is 11.7 Å². The van der Waals surface area contributed by atoms with Crippen LogP contribution >= 0.6 is 23.1 Å². The zero-order chi connectivity index (χ0) is 13.0. The van der Waals surface area contributed by atoms with Crippen molar-refractivity contribution in [1.82, 2.24) is 10.3 Å². The summed E-state index contributed by atoms with van der Waals surface area (Å²) in [7, 11) is 0. The van der Waals surface area contributed by atoms with Crippen molar-refractivity contribution in [1.29, 1.82) is 0 Å². The number of carbonyl (C=O) groups is 1. The number of fused-ring (bicyclic) bond motifs is 1. The van der Waals surface area contributed by atoms with Crippen LogP contribution in [0.5, 0.6) is 0 Å². The third kappa shape index (κ3) is 3.02. The van der Waals surface area contributed by atoms with Gasteiger partial charge in [0.05, 0.1) is 10.2 Å². The summed E-state index contributed by atoms with van der Waals surface area (Å²) in [6.07, 6.45) is 3.66. The topological polar surface area (TPSA) is 54.0 Å². The number of nitrogens with zero attached hydrogens (tertiary/aromatic N) is 1. The van der Waals surface area contributed by atoms with Crippen LogP contribution in [0, 0.1) is 0 Å². The Kier molecular flexibility index (Phi) is 4.22. The summed E-state index contributed by atoms with van der Waals surface area (Å²) in [6, 6.07) is 5.79. The molecule has 0 bridgehead atoms. The van der Waals surface area contributed by atoms with Crippen molar-refractivity contribution in [3.63, 3.8) is 0 Å². The Hall–Kier alpha value is -1.53. The molecule has 0 aliphatic rings. The molecule has 2 amide bonds. The molecule has 18 heavy (non-hydrogen) atoms. The van der Waals surface area contributed by atoms with Gasteiger partial charge in [0.1, 0.15) is 0 Å². The standard InChI is InChI=1S/C12H13N3OS2/c1-3-6-13-11(16)15-12-14-9-5-4-8(17-2)7-10(9)18-12/h3-5,7H,1,6H2,2H3,(H2,13,14,15,16). The van der Waals surface area contributed by atoms with Gasteiger partial charge in [0.25, 0.3) is 0 Å². The molecule has 0 saturated heterocycles. The number of benzene rings is 1. The third-order valence-electron chi connectivity index (χ3n) is 2.22. The van der Waals surface area contributed by atoms with Gasteiger partial charge in [-0.15, -0.1) is 18.3 Å². The predicted molar refractivity (Wildman–Crippen MR) is 78.6 cm³/mol. The van der Waals surface area contributed by atoms with Crippen LogP contribution in [-0.2, 0) is 0 Å². The first-order valence-electron chi connectivity index (χ1n) is 5.33. The molecule has 0 radical (unpaired) electrons. The van der Waals surface area contributed by atoms with Gasteiger partial charge in [-0.25, -0.2) is 9.78 Å². The highest BCUT2D eigenvalue weighted by atomic mass is 32.2. The minimum absolute atomic E-state index is 0.265. The maximum absolute atomic E-state index is 11.5. The molecular formula is C12H13N3OS2. The summed E-state index contributed by atoms with van der Waals surface area (Å²) in [5.41, 5.74) is 0.900. The van der Waals surface area contributed by atoms with E-state index in [-0.39, 0.29) is 6.03 Å². The second-order valence-corrected chi connectivity index (χ2v) is 5.39. The predicted octanol–water partition coefficient (Wildman–Crippen LogP) is 3.33. The lowest BCUT2D eigenvalue weighted by Crippen LogP contribution is -2.28. The maximum Gasteiger partial charge on any atom is 0.321 e. The van der Waals surface area contributed by atoms with Crippen LogP contribution in [0.4, 0.5) is 9.93 Å². The highest BCUT2D eigenvalue weighted by Gasteiger charge is 2.07. The van der Waals surface area contributed by atoms with Crippen LogP contribution in [0.3, 0.4) is 0 Å². The Morgan fingerprint density at radius 2 is 2.44 bits per heavy atom. The van der Waals surface area contributed by atoms with E-state index in [1.807, 2.05) is 18.4 Å². The van der Waals surface area contributed by atoms with E-state index >= 15 is 0 Å². The smallest absolute Gasteiger partial charge is 0.321 e. The number of hydrogen-bond acceptors (Lipinski definition) is 4. The fourth-order valence-electron chi connectivity index (χ4n) is 1.39. The fraction of sp³-hybridized carbons (Fsp3) is 0.167. The van der Waals surface area contributed by atoms with Gasteiger partial charge >= 0.3 is 6.03 Å². The van der Waals surface area contributed by atoms with Crippen molar-refractivity contribution in [3.8, 4) is 0 Å². The average Bonchev–Trinajstić information content (AvgIpc) is 2.77. The van der Waals surface area contributed by atoms with E-state index in [2.05, 4.69) is 28.3 Å². The van der Waals surface area contributed by atoms with Crippen molar-refractivity contribution < 1.29 is 4.79 Å². The van der Waals surface area contributed by atoms with Crippen molar-refractivity contribution in [2.24, 2.45) is 0 Å². The van der Waals surface area contributed by atoms with Crippen molar-refractivity contribution in [2.75, 3.05) is 18.1 Å². The third-order valence-corrected chi connectivity index (χ3v) is 3.88. The number of thiazole rings is 1. The Bertz CT molecular complexity index is 580. The second-order valence-electron chi connectivity index (χ2n) is 3.48. The lowest BCUT2D eigenvalue weighted by molar-refractivity contribution is 0.253. The van der Waals surface area contributed by atoms with E-state index < -0.39 is 0 Å². The maximum atomic E-state index is 11.5. The van der Waals surface area contributed by atoms with Gasteiger partial charge in [-0.05, 0) is 24.5 Å². The Morgan fingerprint density at radius 1 is 1.61 bits per heavy atom. The molecule has 0 fully saturated rings. The molecule has 2 N–H and O–H groups in total. The monoisotopic (exact) mass is 279 g/mol. The lowest BCUT2D eigenvalue weighted by atomic mass is 10.3. The zero-order valence-corrected chi connectivity index (χ0v) is 11.5. The van der Waals surface area contributed by atoms with Crippen molar-refractivity contribution >= 4 is 44.5 Å².